The summed E-state index contributed by atoms with van der Waals surface area (Å²) in [6, 6.07) is 14.0. The Morgan fingerprint density at radius 2 is 1.97 bits per heavy atom. The van der Waals surface area contributed by atoms with E-state index in [1.807, 2.05) is 18.2 Å². The zero-order chi connectivity index (χ0) is 22.8. The van der Waals surface area contributed by atoms with Crippen LogP contribution < -0.4 is 14.8 Å². The average Bonchev–Trinajstić information content (AvgIpc) is 2.79. The topological polar surface area (TPSA) is 131 Å². The number of hydrogen-bond acceptors (Lipinski definition) is 7. The van der Waals surface area contributed by atoms with E-state index in [-0.39, 0.29) is 4.90 Å². The van der Waals surface area contributed by atoms with Gasteiger partial charge in [0.2, 0.25) is 10.0 Å². The van der Waals surface area contributed by atoms with Gasteiger partial charge in [-0.15, -0.1) is 0 Å². The summed E-state index contributed by atoms with van der Waals surface area (Å²) >= 11 is 0. The first kappa shape index (κ1) is 23.2. The van der Waals surface area contributed by atoms with E-state index in [2.05, 4.69) is 20.0 Å². The van der Waals surface area contributed by atoms with Crippen LogP contribution in [-0.4, -0.2) is 42.6 Å². The molecule has 168 valence electrons. The number of sulfonamides is 1. The summed E-state index contributed by atoms with van der Waals surface area (Å²) in [6.45, 7) is 1.03. The molecule has 2 heterocycles. The second-order valence-electron chi connectivity index (χ2n) is 6.88. The summed E-state index contributed by atoms with van der Waals surface area (Å²) in [5, 5.41) is 12.4. The maximum atomic E-state index is 12.9. The molecule has 0 aliphatic rings. The third kappa shape index (κ3) is 7.03. The number of anilines is 1. The molecule has 3 N–H and O–H groups in total. The molecule has 0 saturated carbocycles. The SMILES string of the molecule is O=C(O)CC(NS(=O)(=O)c1cccc(OCCCNc2ccccn2)c1)c1cccnc1. The summed E-state index contributed by atoms with van der Waals surface area (Å²) in [5.41, 5.74) is 0.464. The molecular formula is C22H24N4O5S. The highest BCUT2D eigenvalue weighted by Crippen LogP contribution is 2.22. The zero-order valence-corrected chi connectivity index (χ0v) is 18.0. The number of carboxylic acid groups (broad SMARTS) is 1. The van der Waals surface area contributed by atoms with Crippen LogP contribution in [0.25, 0.3) is 0 Å². The van der Waals surface area contributed by atoms with Gasteiger partial charge in [0.15, 0.2) is 0 Å². The van der Waals surface area contributed by atoms with Crippen molar-refractivity contribution in [1.82, 2.24) is 14.7 Å². The predicted octanol–water partition coefficient (Wildman–Crippen LogP) is 2.85. The Balaban J connectivity index is 1.60. The molecule has 1 aromatic carbocycles. The lowest BCUT2D eigenvalue weighted by Crippen LogP contribution is -2.30. The zero-order valence-electron chi connectivity index (χ0n) is 17.2. The predicted molar refractivity (Wildman–Crippen MR) is 119 cm³/mol. The number of nitrogens with one attached hydrogen (secondary N) is 2. The molecule has 10 heteroatoms. The molecule has 0 saturated heterocycles. The molecule has 1 atom stereocenters. The molecule has 0 aliphatic heterocycles. The van der Waals surface area contributed by atoms with Gasteiger partial charge >= 0.3 is 5.97 Å². The number of carboxylic acids is 1. The van der Waals surface area contributed by atoms with E-state index < -0.39 is 28.5 Å². The van der Waals surface area contributed by atoms with Crippen LogP contribution in [0.2, 0.25) is 0 Å². The van der Waals surface area contributed by atoms with E-state index in [1.54, 1.807) is 30.5 Å². The van der Waals surface area contributed by atoms with Gasteiger partial charge in [-0.3, -0.25) is 9.78 Å². The van der Waals surface area contributed by atoms with Gasteiger partial charge in [0, 0.05) is 31.2 Å². The molecule has 9 nitrogen and oxygen atoms in total. The monoisotopic (exact) mass is 456 g/mol. The first-order valence-corrected chi connectivity index (χ1v) is 11.4. The minimum atomic E-state index is -3.99. The summed E-state index contributed by atoms with van der Waals surface area (Å²) in [5.74, 6) is 0.0519. The molecule has 0 amide bonds. The summed E-state index contributed by atoms with van der Waals surface area (Å²) in [6.07, 6.45) is 4.95. The van der Waals surface area contributed by atoms with Gasteiger partial charge < -0.3 is 15.2 Å². The third-order valence-electron chi connectivity index (χ3n) is 4.44. The number of carbonyl (C=O) groups is 1. The van der Waals surface area contributed by atoms with Crippen LogP contribution in [0.4, 0.5) is 5.82 Å². The van der Waals surface area contributed by atoms with E-state index >= 15 is 0 Å². The third-order valence-corrected chi connectivity index (χ3v) is 5.91. The van der Waals surface area contributed by atoms with Crippen molar-refractivity contribution in [3.8, 4) is 5.75 Å². The first-order chi connectivity index (χ1) is 15.4. The fraction of sp³-hybridized carbons (Fsp3) is 0.227. The highest BCUT2D eigenvalue weighted by atomic mass is 32.2. The van der Waals surface area contributed by atoms with Crippen molar-refractivity contribution in [2.45, 2.75) is 23.8 Å². The van der Waals surface area contributed by atoms with E-state index in [1.165, 1.54) is 24.5 Å². The number of aromatic nitrogens is 2. The average molecular weight is 457 g/mol. The van der Waals surface area contributed by atoms with Gasteiger partial charge in [0.25, 0.3) is 0 Å². The summed E-state index contributed by atoms with van der Waals surface area (Å²) in [7, 11) is -3.99. The lowest BCUT2D eigenvalue weighted by Gasteiger charge is -2.17. The lowest BCUT2D eigenvalue weighted by atomic mass is 10.1. The van der Waals surface area contributed by atoms with Crippen molar-refractivity contribution in [3.63, 3.8) is 0 Å². The van der Waals surface area contributed by atoms with Crippen LogP contribution in [0.3, 0.4) is 0 Å². The van der Waals surface area contributed by atoms with Crippen LogP contribution in [0.15, 0.2) is 78.1 Å². The maximum Gasteiger partial charge on any atom is 0.305 e. The molecule has 0 fully saturated rings. The van der Waals surface area contributed by atoms with Gasteiger partial charge in [-0.05, 0) is 42.3 Å². The van der Waals surface area contributed by atoms with Crippen LogP contribution in [0, 0.1) is 0 Å². The van der Waals surface area contributed by atoms with Crippen LogP contribution in [-0.2, 0) is 14.8 Å². The Kier molecular flexibility index (Phi) is 8.12. The van der Waals surface area contributed by atoms with E-state index in [4.69, 9.17) is 4.74 Å². The maximum absolute atomic E-state index is 12.9. The Morgan fingerprint density at radius 1 is 1.09 bits per heavy atom. The van der Waals surface area contributed by atoms with Crippen molar-refractivity contribution in [3.05, 3.63) is 78.8 Å². The first-order valence-electron chi connectivity index (χ1n) is 9.96. The molecule has 0 aliphatic carbocycles. The van der Waals surface area contributed by atoms with Crippen molar-refractivity contribution in [2.75, 3.05) is 18.5 Å². The van der Waals surface area contributed by atoms with Gasteiger partial charge in [0.1, 0.15) is 11.6 Å². The summed E-state index contributed by atoms with van der Waals surface area (Å²) < 4.78 is 33.9. The fourth-order valence-electron chi connectivity index (χ4n) is 2.92. The summed E-state index contributed by atoms with van der Waals surface area (Å²) in [4.78, 5) is 19.3. The van der Waals surface area contributed by atoms with Gasteiger partial charge in [0.05, 0.1) is 24.0 Å². The second kappa shape index (κ2) is 11.2. The van der Waals surface area contributed by atoms with Crippen molar-refractivity contribution in [2.24, 2.45) is 0 Å². The van der Waals surface area contributed by atoms with E-state index in [0.29, 0.717) is 30.9 Å². The molecular weight excluding hydrogens is 432 g/mol. The number of pyridine rings is 2. The van der Waals surface area contributed by atoms with Gasteiger partial charge in [-0.1, -0.05) is 18.2 Å². The Hall–Kier alpha value is -3.50. The smallest absolute Gasteiger partial charge is 0.305 e. The van der Waals surface area contributed by atoms with Crippen LogP contribution in [0.5, 0.6) is 5.75 Å². The molecule has 1 unspecified atom stereocenters. The minimum Gasteiger partial charge on any atom is -0.493 e. The minimum absolute atomic E-state index is 0.0131. The van der Waals surface area contributed by atoms with Crippen LogP contribution in [0.1, 0.15) is 24.4 Å². The standard InChI is InChI=1S/C22H24N4O5S/c27-22(28)15-20(17-6-4-10-23-16-17)26-32(29,30)19-8-3-7-18(14-19)31-13-5-12-25-21-9-1-2-11-24-21/h1-4,6-11,14,16,20,26H,5,12-13,15H2,(H,24,25)(H,27,28). The number of aliphatic carboxylic acids is 1. The molecule has 3 aromatic rings. The number of benzene rings is 1. The number of nitrogens with zero attached hydrogens (tertiary/aromatic N) is 2. The Morgan fingerprint density at radius 3 is 2.69 bits per heavy atom. The van der Waals surface area contributed by atoms with Crippen molar-refractivity contribution >= 4 is 21.8 Å². The number of rotatable bonds is 12. The molecule has 32 heavy (non-hydrogen) atoms. The van der Waals surface area contributed by atoms with Gasteiger partial charge in [-0.2, -0.15) is 0 Å². The normalized spacial score (nSPS) is 12.1. The van der Waals surface area contributed by atoms with Crippen molar-refractivity contribution in [1.29, 1.82) is 0 Å². The molecule has 3 rings (SSSR count). The highest BCUT2D eigenvalue weighted by molar-refractivity contribution is 7.89. The van der Waals surface area contributed by atoms with Gasteiger partial charge in [-0.25, -0.2) is 18.1 Å². The lowest BCUT2D eigenvalue weighted by molar-refractivity contribution is -0.137. The largest absolute Gasteiger partial charge is 0.493 e. The van der Waals surface area contributed by atoms with Crippen molar-refractivity contribution < 1.29 is 23.1 Å². The fourth-order valence-corrected chi connectivity index (χ4v) is 4.18. The molecule has 0 radical (unpaired) electrons. The van der Waals surface area contributed by atoms with E-state index in [9.17, 15) is 18.3 Å². The van der Waals surface area contributed by atoms with Crippen LogP contribution >= 0.6 is 0 Å². The number of hydrogen-bond donors (Lipinski definition) is 3. The molecule has 2 aromatic heterocycles. The number of ether oxygens (including phenoxy) is 1. The Labute approximate surface area is 186 Å². The molecule has 0 spiro atoms. The molecule has 0 bridgehead atoms. The van der Waals surface area contributed by atoms with E-state index in [0.717, 1.165) is 5.82 Å². The highest BCUT2D eigenvalue weighted by Gasteiger charge is 2.24. The quantitative estimate of drug-likeness (QED) is 0.355. The Bertz CT molecular complexity index is 1110. The second-order valence-corrected chi connectivity index (χ2v) is 8.59.